The third kappa shape index (κ3) is 2.51. The molecule has 0 saturated carbocycles. The number of anilines is 2. The molecule has 2 aromatic rings. The van der Waals surface area contributed by atoms with E-state index in [1.807, 2.05) is 61.2 Å². The van der Waals surface area contributed by atoms with Crippen LogP contribution < -0.4 is 10.2 Å². The number of benzene rings is 2. The fraction of sp³-hybridized carbons (Fsp3) is 0.278. The van der Waals surface area contributed by atoms with Gasteiger partial charge in [-0.05, 0) is 49.6 Å². The van der Waals surface area contributed by atoms with Crippen molar-refractivity contribution in [1.82, 2.24) is 0 Å². The van der Waals surface area contributed by atoms with E-state index in [0.29, 0.717) is 0 Å². The molecule has 21 heavy (non-hydrogen) atoms. The summed E-state index contributed by atoms with van der Waals surface area (Å²) < 4.78 is 0. The maximum Gasteiger partial charge on any atom is 0.258 e. The van der Waals surface area contributed by atoms with Gasteiger partial charge in [0.05, 0.1) is 11.4 Å². The first-order valence-corrected chi connectivity index (χ1v) is 7.39. The number of carbonyl (C=O) groups is 1. The third-order valence-corrected chi connectivity index (χ3v) is 4.15. The van der Waals surface area contributed by atoms with E-state index in [4.69, 9.17) is 0 Å². The van der Waals surface area contributed by atoms with Gasteiger partial charge in [-0.1, -0.05) is 24.3 Å². The van der Waals surface area contributed by atoms with E-state index in [1.165, 1.54) is 0 Å². The lowest BCUT2D eigenvalue weighted by Gasteiger charge is -2.23. The van der Waals surface area contributed by atoms with Gasteiger partial charge >= 0.3 is 0 Å². The molecule has 1 aliphatic rings. The number of carbonyl (C=O) groups excluding carboxylic acids is 1. The fourth-order valence-electron chi connectivity index (χ4n) is 2.78. The van der Waals surface area contributed by atoms with Gasteiger partial charge in [-0.2, -0.15) is 0 Å². The minimum atomic E-state index is 0.0901. The van der Waals surface area contributed by atoms with Gasteiger partial charge in [-0.3, -0.25) is 4.79 Å². The topological polar surface area (TPSA) is 32.3 Å². The van der Waals surface area contributed by atoms with Crippen molar-refractivity contribution in [2.24, 2.45) is 0 Å². The van der Waals surface area contributed by atoms with Gasteiger partial charge in [0.2, 0.25) is 0 Å². The molecule has 2 aromatic carbocycles. The molecule has 0 fully saturated rings. The van der Waals surface area contributed by atoms with Crippen molar-refractivity contribution in [3.63, 3.8) is 0 Å². The first-order valence-electron chi connectivity index (χ1n) is 7.39. The summed E-state index contributed by atoms with van der Waals surface area (Å²) in [4.78, 5) is 14.9. The van der Waals surface area contributed by atoms with Crippen molar-refractivity contribution in [2.75, 3.05) is 23.3 Å². The Kier molecular flexibility index (Phi) is 3.65. The van der Waals surface area contributed by atoms with Crippen molar-refractivity contribution < 1.29 is 4.79 Å². The van der Waals surface area contributed by atoms with Crippen LogP contribution in [0.1, 0.15) is 27.9 Å². The predicted molar refractivity (Wildman–Crippen MR) is 87.1 cm³/mol. The zero-order chi connectivity index (χ0) is 14.8. The summed E-state index contributed by atoms with van der Waals surface area (Å²) in [6.45, 7) is 5.71. The number of nitrogens with one attached hydrogen (secondary N) is 1. The second-order valence-corrected chi connectivity index (χ2v) is 5.50. The molecule has 0 saturated heterocycles. The molecule has 1 N–H and O–H groups in total. The lowest BCUT2D eigenvalue weighted by molar-refractivity contribution is 0.0986. The molecule has 0 unspecified atom stereocenters. The summed E-state index contributed by atoms with van der Waals surface area (Å²) in [5.74, 6) is 0.0901. The highest BCUT2D eigenvalue weighted by atomic mass is 16.2. The molecule has 0 radical (unpaired) electrons. The zero-order valence-corrected chi connectivity index (χ0v) is 12.5. The number of amides is 1. The number of hydrogen-bond donors (Lipinski definition) is 1. The summed E-state index contributed by atoms with van der Waals surface area (Å²) in [5.41, 5.74) is 5.03. The summed E-state index contributed by atoms with van der Waals surface area (Å²) >= 11 is 0. The van der Waals surface area contributed by atoms with Crippen LogP contribution in [-0.2, 0) is 0 Å². The van der Waals surface area contributed by atoms with Gasteiger partial charge < -0.3 is 10.2 Å². The van der Waals surface area contributed by atoms with E-state index in [-0.39, 0.29) is 5.91 Å². The van der Waals surface area contributed by atoms with Gasteiger partial charge in [-0.15, -0.1) is 0 Å². The van der Waals surface area contributed by atoms with Crippen LogP contribution in [0.3, 0.4) is 0 Å². The maximum absolute atomic E-state index is 13.0. The lowest BCUT2D eigenvalue weighted by atomic mass is 10.0. The standard InChI is InChI=1S/C18H20N2O/c1-13-7-5-8-15(14(13)2)18(21)20-12-6-11-19-16-9-3-4-10-17(16)20/h3-5,7-10,19H,6,11-12H2,1-2H3. The number of nitrogens with zero attached hydrogens (tertiary/aromatic N) is 1. The van der Waals surface area contributed by atoms with E-state index in [1.54, 1.807) is 0 Å². The quantitative estimate of drug-likeness (QED) is 0.862. The summed E-state index contributed by atoms with van der Waals surface area (Å²) in [7, 11) is 0. The molecule has 0 aliphatic carbocycles. The normalized spacial score (nSPS) is 14.1. The Balaban J connectivity index is 2.03. The molecule has 3 heteroatoms. The number of para-hydroxylation sites is 2. The number of fused-ring (bicyclic) bond motifs is 1. The molecule has 0 bridgehead atoms. The smallest absolute Gasteiger partial charge is 0.258 e. The van der Waals surface area contributed by atoms with E-state index in [2.05, 4.69) is 5.32 Å². The highest BCUT2D eigenvalue weighted by Crippen LogP contribution is 2.30. The Hall–Kier alpha value is -2.29. The van der Waals surface area contributed by atoms with Crippen LogP contribution in [0.4, 0.5) is 11.4 Å². The second-order valence-electron chi connectivity index (χ2n) is 5.50. The molecular formula is C18H20N2O. The first kappa shape index (κ1) is 13.7. The van der Waals surface area contributed by atoms with E-state index in [0.717, 1.165) is 47.6 Å². The predicted octanol–water partition coefficient (Wildman–Crippen LogP) is 3.77. The van der Waals surface area contributed by atoms with Crippen LogP contribution in [-0.4, -0.2) is 19.0 Å². The van der Waals surface area contributed by atoms with Crippen LogP contribution in [0.15, 0.2) is 42.5 Å². The first-order chi connectivity index (χ1) is 10.2. The fourth-order valence-corrected chi connectivity index (χ4v) is 2.78. The average Bonchev–Trinajstić information content (AvgIpc) is 2.72. The van der Waals surface area contributed by atoms with Crippen molar-refractivity contribution in [1.29, 1.82) is 0 Å². The highest BCUT2D eigenvalue weighted by molar-refractivity contribution is 6.08. The largest absolute Gasteiger partial charge is 0.383 e. The molecule has 3 nitrogen and oxygen atoms in total. The monoisotopic (exact) mass is 280 g/mol. The second kappa shape index (κ2) is 5.60. The highest BCUT2D eigenvalue weighted by Gasteiger charge is 2.23. The van der Waals surface area contributed by atoms with Gasteiger partial charge in [0.15, 0.2) is 0 Å². The summed E-state index contributed by atoms with van der Waals surface area (Å²) in [5, 5.41) is 3.39. The Morgan fingerprint density at radius 1 is 1.10 bits per heavy atom. The van der Waals surface area contributed by atoms with Crippen molar-refractivity contribution in [3.8, 4) is 0 Å². The van der Waals surface area contributed by atoms with E-state index < -0.39 is 0 Å². The van der Waals surface area contributed by atoms with Crippen LogP contribution in [0.25, 0.3) is 0 Å². The Labute approximate surface area is 125 Å². The summed E-state index contributed by atoms with van der Waals surface area (Å²) in [6.07, 6.45) is 0.950. The van der Waals surface area contributed by atoms with Crippen molar-refractivity contribution in [3.05, 3.63) is 59.2 Å². The van der Waals surface area contributed by atoms with E-state index in [9.17, 15) is 4.79 Å². The molecule has 1 heterocycles. The average molecular weight is 280 g/mol. The number of rotatable bonds is 1. The lowest BCUT2D eigenvalue weighted by Crippen LogP contribution is -2.32. The summed E-state index contributed by atoms with van der Waals surface area (Å²) in [6, 6.07) is 13.9. The molecule has 1 aliphatic heterocycles. The van der Waals surface area contributed by atoms with Crippen molar-refractivity contribution >= 4 is 17.3 Å². The van der Waals surface area contributed by atoms with Crippen molar-refractivity contribution in [2.45, 2.75) is 20.3 Å². The van der Waals surface area contributed by atoms with Gasteiger partial charge in [-0.25, -0.2) is 0 Å². The minimum absolute atomic E-state index is 0.0901. The van der Waals surface area contributed by atoms with Crippen LogP contribution in [0, 0.1) is 13.8 Å². The number of aryl methyl sites for hydroxylation is 1. The Bertz CT molecular complexity index is 679. The minimum Gasteiger partial charge on any atom is -0.383 e. The van der Waals surface area contributed by atoms with Crippen LogP contribution in [0.2, 0.25) is 0 Å². The van der Waals surface area contributed by atoms with Crippen LogP contribution in [0.5, 0.6) is 0 Å². The Morgan fingerprint density at radius 2 is 1.90 bits per heavy atom. The maximum atomic E-state index is 13.0. The van der Waals surface area contributed by atoms with Gasteiger partial charge in [0.1, 0.15) is 0 Å². The molecule has 0 spiro atoms. The third-order valence-electron chi connectivity index (χ3n) is 4.15. The van der Waals surface area contributed by atoms with Crippen LogP contribution >= 0.6 is 0 Å². The molecule has 108 valence electrons. The molecular weight excluding hydrogens is 260 g/mol. The Morgan fingerprint density at radius 3 is 2.76 bits per heavy atom. The van der Waals surface area contributed by atoms with E-state index >= 15 is 0 Å². The molecule has 0 aromatic heterocycles. The van der Waals surface area contributed by atoms with Gasteiger partial charge in [0, 0.05) is 18.7 Å². The number of hydrogen-bond acceptors (Lipinski definition) is 2. The molecule has 3 rings (SSSR count). The SMILES string of the molecule is Cc1cccc(C(=O)N2CCCNc3ccccc32)c1C. The molecule has 0 atom stereocenters. The molecule has 1 amide bonds. The zero-order valence-electron chi connectivity index (χ0n) is 12.5. The van der Waals surface area contributed by atoms with Gasteiger partial charge in [0.25, 0.3) is 5.91 Å².